The monoisotopic (exact) mass is 249 g/mol. The molecule has 0 aromatic heterocycles. The third kappa shape index (κ3) is 6.06. The van der Waals surface area contributed by atoms with Crippen LogP contribution in [0.4, 0.5) is 0 Å². The zero-order chi connectivity index (χ0) is 13.2. The first-order valence-electron chi connectivity index (χ1n) is 7.14. The van der Waals surface area contributed by atoms with Gasteiger partial charge >= 0.3 is 0 Å². The number of ether oxygens (including phenoxy) is 1. The van der Waals surface area contributed by atoms with E-state index in [1.807, 2.05) is 12.1 Å². The van der Waals surface area contributed by atoms with Crippen molar-refractivity contribution < 1.29 is 4.74 Å². The van der Waals surface area contributed by atoms with Gasteiger partial charge in [-0.15, -0.1) is 0 Å². The number of methoxy groups -OCH3 is 1. The number of nitrogens with two attached hydrogens (primary N) is 1. The summed E-state index contributed by atoms with van der Waals surface area (Å²) in [6, 6.07) is 8.64. The molecule has 0 aliphatic rings. The summed E-state index contributed by atoms with van der Waals surface area (Å²) in [5.74, 6) is 0.919. The Morgan fingerprint density at radius 1 is 1.06 bits per heavy atom. The fourth-order valence-corrected chi connectivity index (χ4v) is 2.12. The maximum absolute atomic E-state index is 6.14. The van der Waals surface area contributed by atoms with Crippen molar-refractivity contribution in [2.24, 2.45) is 5.73 Å². The van der Waals surface area contributed by atoms with Gasteiger partial charge in [0.05, 0.1) is 7.11 Å². The SMILES string of the molecule is CCCCCCC(N)CCc1ccc(OC)cc1. The van der Waals surface area contributed by atoms with Gasteiger partial charge in [0.25, 0.3) is 0 Å². The quantitative estimate of drug-likeness (QED) is 0.673. The van der Waals surface area contributed by atoms with E-state index in [4.69, 9.17) is 10.5 Å². The first-order valence-corrected chi connectivity index (χ1v) is 7.14. The van der Waals surface area contributed by atoms with Crippen LogP contribution in [-0.2, 0) is 6.42 Å². The predicted octanol–water partition coefficient (Wildman–Crippen LogP) is 3.93. The molecule has 0 aliphatic heterocycles. The largest absolute Gasteiger partial charge is 0.497 e. The summed E-state index contributed by atoms with van der Waals surface area (Å²) < 4.78 is 5.15. The third-order valence-corrected chi connectivity index (χ3v) is 3.39. The molecule has 18 heavy (non-hydrogen) atoms. The van der Waals surface area contributed by atoms with Gasteiger partial charge < -0.3 is 10.5 Å². The minimum Gasteiger partial charge on any atom is -0.497 e. The summed E-state index contributed by atoms with van der Waals surface area (Å²) in [5.41, 5.74) is 7.48. The summed E-state index contributed by atoms with van der Waals surface area (Å²) in [6.45, 7) is 2.24. The van der Waals surface area contributed by atoms with Crippen molar-refractivity contribution in [2.45, 2.75) is 57.9 Å². The standard InChI is InChI=1S/C16H27NO/c1-3-4-5-6-7-15(17)11-8-14-9-12-16(18-2)13-10-14/h9-10,12-13,15H,3-8,11,17H2,1-2H3. The molecule has 0 heterocycles. The van der Waals surface area contributed by atoms with Crippen molar-refractivity contribution in [1.82, 2.24) is 0 Å². The molecule has 2 heteroatoms. The highest BCUT2D eigenvalue weighted by molar-refractivity contribution is 5.27. The second kappa shape index (κ2) is 8.98. The van der Waals surface area contributed by atoms with Crippen LogP contribution in [-0.4, -0.2) is 13.2 Å². The molecular formula is C16H27NO. The van der Waals surface area contributed by atoms with Crippen molar-refractivity contribution in [2.75, 3.05) is 7.11 Å². The lowest BCUT2D eigenvalue weighted by Crippen LogP contribution is -2.20. The van der Waals surface area contributed by atoms with Crippen LogP contribution in [0.3, 0.4) is 0 Å². The van der Waals surface area contributed by atoms with Crippen LogP contribution in [0.15, 0.2) is 24.3 Å². The molecule has 1 aromatic rings. The van der Waals surface area contributed by atoms with E-state index in [9.17, 15) is 0 Å². The molecule has 1 atom stereocenters. The topological polar surface area (TPSA) is 35.2 Å². The van der Waals surface area contributed by atoms with E-state index in [1.54, 1.807) is 7.11 Å². The van der Waals surface area contributed by atoms with Crippen molar-refractivity contribution in [3.05, 3.63) is 29.8 Å². The number of aryl methyl sites for hydroxylation is 1. The fraction of sp³-hybridized carbons (Fsp3) is 0.625. The van der Waals surface area contributed by atoms with Gasteiger partial charge in [0.1, 0.15) is 5.75 Å². The maximum Gasteiger partial charge on any atom is 0.118 e. The highest BCUT2D eigenvalue weighted by Gasteiger charge is 2.03. The van der Waals surface area contributed by atoms with Gasteiger partial charge in [-0.1, -0.05) is 44.7 Å². The van der Waals surface area contributed by atoms with Crippen LogP contribution in [0, 0.1) is 0 Å². The molecule has 1 unspecified atom stereocenters. The second-order valence-electron chi connectivity index (χ2n) is 5.00. The van der Waals surface area contributed by atoms with Crippen molar-refractivity contribution >= 4 is 0 Å². The minimum atomic E-state index is 0.351. The zero-order valence-electron chi connectivity index (χ0n) is 11.8. The van der Waals surface area contributed by atoms with Crippen LogP contribution in [0.25, 0.3) is 0 Å². The van der Waals surface area contributed by atoms with E-state index < -0.39 is 0 Å². The van der Waals surface area contributed by atoms with Gasteiger partial charge in [-0.25, -0.2) is 0 Å². The molecule has 0 saturated carbocycles. The number of unbranched alkanes of at least 4 members (excludes halogenated alkanes) is 3. The molecule has 0 amide bonds. The van der Waals surface area contributed by atoms with Crippen LogP contribution < -0.4 is 10.5 Å². The summed E-state index contributed by atoms with van der Waals surface area (Å²) in [7, 11) is 1.70. The molecule has 0 bridgehead atoms. The lowest BCUT2D eigenvalue weighted by Gasteiger charge is -2.11. The molecule has 1 rings (SSSR count). The molecule has 2 nitrogen and oxygen atoms in total. The summed E-state index contributed by atoms with van der Waals surface area (Å²) >= 11 is 0. The van der Waals surface area contributed by atoms with E-state index in [0.717, 1.165) is 25.0 Å². The lowest BCUT2D eigenvalue weighted by molar-refractivity contribution is 0.414. The molecule has 0 radical (unpaired) electrons. The molecule has 0 spiro atoms. The van der Waals surface area contributed by atoms with Crippen molar-refractivity contribution in [3.63, 3.8) is 0 Å². The zero-order valence-corrected chi connectivity index (χ0v) is 11.8. The van der Waals surface area contributed by atoms with Crippen molar-refractivity contribution in [3.8, 4) is 5.75 Å². The molecule has 0 aliphatic carbocycles. The maximum atomic E-state index is 6.14. The number of rotatable bonds is 9. The van der Waals surface area contributed by atoms with Gasteiger partial charge in [-0.2, -0.15) is 0 Å². The molecule has 0 fully saturated rings. The summed E-state index contributed by atoms with van der Waals surface area (Å²) in [6.07, 6.45) is 8.55. The molecule has 1 aromatic carbocycles. The summed E-state index contributed by atoms with van der Waals surface area (Å²) in [5, 5.41) is 0. The number of hydrogen-bond acceptors (Lipinski definition) is 2. The van der Waals surface area contributed by atoms with E-state index >= 15 is 0 Å². The van der Waals surface area contributed by atoms with Crippen LogP contribution in [0.2, 0.25) is 0 Å². The van der Waals surface area contributed by atoms with Gasteiger partial charge in [0, 0.05) is 6.04 Å². The van der Waals surface area contributed by atoms with Crippen LogP contribution >= 0.6 is 0 Å². The van der Waals surface area contributed by atoms with Crippen LogP contribution in [0.5, 0.6) is 5.75 Å². The van der Waals surface area contributed by atoms with Gasteiger partial charge in [-0.05, 0) is 37.0 Å². The molecule has 2 N–H and O–H groups in total. The van der Waals surface area contributed by atoms with Crippen LogP contribution in [0.1, 0.15) is 51.0 Å². The normalized spacial score (nSPS) is 12.4. The predicted molar refractivity (Wildman–Crippen MR) is 78.0 cm³/mol. The number of benzene rings is 1. The fourth-order valence-electron chi connectivity index (χ4n) is 2.12. The average molecular weight is 249 g/mol. The van der Waals surface area contributed by atoms with E-state index in [-0.39, 0.29) is 0 Å². The Labute approximate surface area is 112 Å². The van der Waals surface area contributed by atoms with Crippen molar-refractivity contribution in [1.29, 1.82) is 0 Å². The lowest BCUT2D eigenvalue weighted by atomic mass is 10.0. The molecule has 0 saturated heterocycles. The highest BCUT2D eigenvalue weighted by Crippen LogP contribution is 2.14. The number of hydrogen-bond donors (Lipinski definition) is 1. The first kappa shape index (κ1) is 15.0. The van der Waals surface area contributed by atoms with E-state index in [2.05, 4.69) is 19.1 Å². The molecule has 102 valence electrons. The van der Waals surface area contributed by atoms with Gasteiger partial charge in [-0.3, -0.25) is 0 Å². The Bertz CT molecular complexity index is 307. The van der Waals surface area contributed by atoms with E-state index in [1.165, 1.54) is 31.2 Å². The third-order valence-electron chi connectivity index (χ3n) is 3.39. The summed E-state index contributed by atoms with van der Waals surface area (Å²) in [4.78, 5) is 0. The first-order chi connectivity index (χ1) is 8.76. The highest BCUT2D eigenvalue weighted by atomic mass is 16.5. The minimum absolute atomic E-state index is 0.351. The Hall–Kier alpha value is -1.02. The second-order valence-corrected chi connectivity index (χ2v) is 5.00. The Kier molecular flexibility index (Phi) is 7.51. The Balaban J connectivity index is 2.18. The Morgan fingerprint density at radius 3 is 2.39 bits per heavy atom. The van der Waals surface area contributed by atoms with Gasteiger partial charge in [0.2, 0.25) is 0 Å². The van der Waals surface area contributed by atoms with Gasteiger partial charge in [0.15, 0.2) is 0 Å². The molecular weight excluding hydrogens is 222 g/mol. The van der Waals surface area contributed by atoms with E-state index in [0.29, 0.717) is 6.04 Å². The Morgan fingerprint density at radius 2 is 1.78 bits per heavy atom. The average Bonchev–Trinajstić information content (AvgIpc) is 2.42. The smallest absolute Gasteiger partial charge is 0.118 e.